The Morgan fingerprint density at radius 1 is 1.23 bits per heavy atom. The van der Waals surface area contributed by atoms with Crippen molar-refractivity contribution in [3.63, 3.8) is 0 Å². The minimum Gasteiger partial charge on any atom is -0.394 e. The zero-order chi connectivity index (χ0) is 15.4. The molecule has 2 fully saturated rings. The number of nitrogens with zero attached hydrogens (tertiary/aromatic N) is 2. The number of nitrogens with two attached hydrogens (primary N) is 1. The fourth-order valence-corrected chi connectivity index (χ4v) is 2.77. The summed E-state index contributed by atoms with van der Waals surface area (Å²) in [4.78, 5) is 7.70. The van der Waals surface area contributed by atoms with Crippen molar-refractivity contribution in [3.05, 3.63) is 35.4 Å². The fraction of sp³-hybridized carbons (Fsp3) is 0.588. The van der Waals surface area contributed by atoms with Gasteiger partial charge in [-0.15, -0.1) is 0 Å². The lowest BCUT2D eigenvalue weighted by Crippen LogP contribution is -2.35. The van der Waals surface area contributed by atoms with E-state index in [9.17, 15) is 5.11 Å². The summed E-state index contributed by atoms with van der Waals surface area (Å²) in [5.74, 6) is 1.12. The van der Waals surface area contributed by atoms with E-state index >= 15 is 0 Å². The highest BCUT2D eigenvalue weighted by molar-refractivity contribution is 5.98. The fourth-order valence-electron chi connectivity index (χ4n) is 2.77. The zero-order valence-corrected chi connectivity index (χ0v) is 12.9. The summed E-state index contributed by atoms with van der Waals surface area (Å²) < 4.78 is 0. The first-order valence-electron chi connectivity index (χ1n) is 8.16. The smallest absolute Gasteiger partial charge is 0.170 e. The van der Waals surface area contributed by atoms with Gasteiger partial charge in [-0.25, -0.2) is 0 Å². The Kier molecular flexibility index (Phi) is 4.95. The molecule has 5 heteroatoms. The van der Waals surface area contributed by atoms with Crippen molar-refractivity contribution in [2.24, 2.45) is 16.8 Å². The van der Waals surface area contributed by atoms with Crippen molar-refractivity contribution in [2.45, 2.75) is 38.3 Å². The van der Waals surface area contributed by atoms with Gasteiger partial charge < -0.3 is 15.7 Å². The lowest BCUT2D eigenvalue weighted by Gasteiger charge is -2.30. The third-order valence-electron chi connectivity index (χ3n) is 4.41. The molecule has 5 nitrogen and oxygen atoms in total. The summed E-state index contributed by atoms with van der Waals surface area (Å²) in [6.07, 6.45) is 4.03. The molecule has 3 rings (SSSR count). The molecule has 0 amide bonds. The Morgan fingerprint density at radius 3 is 2.68 bits per heavy atom. The molecule has 120 valence electrons. The van der Waals surface area contributed by atoms with Gasteiger partial charge in [0.1, 0.15) is 6.61 Å². The molecule has 0 bridgehead atoms. The summed E-state index contributed by atoms with van der Waals surface area (Å²) in [6.45, 7) is 3.35. The van der Waals surface area contributed by atoms with E-state index in [2.05, 4.69) is 16.1 Å². The molecule has 0 aromatic heterocycles. The van der Waals surface area contributed by atoms with Crippen LogP contribution in [0, 0.1) is 5.92 Å². The van der Waals surface area contributed by atoms with E-state index in [0.29, 0.717) is 18.4 Å². The van der Waals surface area contributed by atoms with E-state index in [-0.39, 0.29) is 6.10 Å². The molecule has 0 unspecified atom stereocenters. The number of benzene rings is 1. The molecule has 1 aliphatic heterocycles. The van der Waals surface area contributed by atoms with E-state index in [0.717, 1.165) is 43.6 Å². The van der Waals surface area contributed by atoms with Gasteiger partial charge in [-0.05, 0) is 37.2 Å². The third-order valence-corrected chi connectivity index (χ3v) is 4.41. The summed E-state index contributed by atoms with van der Waals surface area (Å²) in [6, 6.07) is 8.08. The second-order valence-corrected chi connectivity index (χ2v) is 6.38. The third kappa shape index (κ3) is 4.21. The lowest BCUT2D eigenvalue weighted by atomic mass is 10.0. The van der Waals surface area contributed by atoms with E-state index in [4.69, 9.17) is 10.6 Å². The van der Waals surface area contributed by atoms with Gasteiger partial charge in [-0.3, -0.25) is 4.90 Å². The number of aliphatic hydroxyl groups excluding tert-OH is 1. The Hall–Kier alpha value is -1.59. The van der Waals surface area contributed by atoms with Gasteiger partial charge in [0.25, 0.3) is 0 Å². The number of hydrogen-bond acceptors (Lipinski definition) is 4. The van der Waals surface area contributed by atoms with Gasteiger partial charge in [0, 0.05) is 25.2 Å². The summed E-state index contributed by atoms with van der Waals surface area (Å²) in [7, 11) is 0. The minimum atomic E-state index is -0.144. The van der Waals surface area contributed by atoms with Crippen molar-refractivity contribution in [3.8, 4) is 0 Å². The first kappa shape index (κ1) is 15.3. The van der Waals surface area contributed by atoms with Crippen molar-refractivity contribution >= 4 is 5.84 Å². The number of rotatable bonds is 6. The van der Waals surface area contributed by atoms with Crippen molar-refractivity contribution in [1.29, 1.82) is 0 Å². The Labute approximate surface area is 131 Å². The largest absolute Gasteiger partial charge is 0.394 e. The second-order valence-electron chi connectivity index (χ2n) is 6.38. The van der Waals surface area contributed by atoms with Crippen LogP contribution >= 0.6 is 0 Å². The predicted octanol–water partition coefficient (Wildman–Crippen LogP) is 1.69. The van der Waals surface area contributed by atoms with Crippen LogP contribution < -0.4 is 5.73 Å². The van der Waals surface area contributed by atoms with Crippen LogP contribution in [-0.2, 0) is 11.4 Å². The quantitative estimate of drug-likeness (QED) is 0.476. The Morgan fingerprint density at radius 2 is 1.95 bits per heavy atom. The van der Waals surface area contributed by atoms with Crippen LogP contribution in [0.25, 0.3) is 0 Å². The van der Waals surface area contributed by atoms with Crippen molar-refractivity contribution < 1.29 is 9.94 Å². The lowest BCUT2D eigenvalue weighted by molar-refractivity contribution is 0.0792. The average Bonchev–Trinajstić information content (AvgIpc) is 3.34. The average molecular weight is 303 g/mol. The monoisotopic (exact) mass is 303 g/mol. The van der Waals surface area contributed by atoms with Crippen molar-refractivity contribution in [2.75, 3.05) is 19.7 Å². The van der Waals surface area contributed by atoms with E-state index in [1.54, 1.807) is 0 Å². The van der Waals surface area contributed by atoms with Crippen LogP contribution in [0.5, 0.6) is 0 Å². The summed E-state index contributed by atoms with van der Waals surface area (Å²) >= 11 is 0. The van der Waals surface area contributed by atoms with Crippen molar-refractivity contribution in [1.82, 2.24) is 4.90 Å². The molecular formula is C17H25N3O2. The van der Waals surface area contributed by atoms with Crippen LogP contribution in [0.4, 0.5) is 0 Å². The zero-order valence-electron chi connectivity index (χ0n) is 12.9. The number of hydrogen-bond donors (Lipinski definition) is 2. The highest BCUT2D eigenvalue weighted by atomic mass is 16.6. The molecule has 0 spiro atoms. The standard InChI is InChI=1S/C17H25N3O2/c18-17(19-22-12-13-5-6-13)16-4-2-1-3-14(16)11-20-9-7-15(21)8-10-20/h1-4,13,15,21H,5-12H2,(H2,18,19). The van der Waals surface area contributed by atoms with Gasteiger partial charge in [0.05, 0.1) is 6.10 Å². The summed E-state index contributed by atoms with van der Waals surface area (Å²) in [5, 5.41) is 13.7. The highest BCUT2D eigenvalue weighted by Crippen LogP contribution is 2.28. The molecule has 2 aliphatic rings. The maximum absolute atomic E-state index is 9.60. The molecule has 3 N–H and O–H groups in total. The van der Waals surface area contributed by atoms with Gasteiger partial charge in [0.2, 0.25) is 0 Å². The minimum absolute atomic E-state index is 0.144. The molecule has 1 heterocycles. The molecule has 1 aromatic carbocycles. The molecule has 1 saturated carbocycles. The van der Waals surface area contributed by atoms with Gasteiger partial charge >= 0.3 is 0 Å². The normalized spacial score (nSPS) is 21.0. The molecule has 0 radical (unpaired) electrons. The summed E-state index contributed by atoms with van der Waals surface area (Å²) in [5.41, 5.74) is 8.21. The Bertz CT molecular complexity index is 520. The molecule has 0 atom stereocenters. The van der Waals surface area contributed by atoms with Gasteiger partial charge in [0.15, 0.2) is 5.84 Å². The number of oxime groups is 1. The van der Waals surface area contributed by atoms with E-state index in [1.165, 1.54) is 12.8 Å². The maximum atomic E-state index is 9.60. The topological polar surface area (TPSA) is 71.1 Å². The van der Waals surface area contributed by atoms with Crippen LogP contribution in [0.15, 0.2) is 29.4 Å². The SMILES string of the molecule is N/C(=N/OCC1CC1)c1ccccc1CN1CCC(O)CC1. The van der Waals surface area contributed by atoms with Gasteiger partial charge in [-0.2, -0.15) is 0 Å². The van der Waals surface area contributed by atoms with Gasteiger partial charge in [-0.1, -0.05) is 29.4 Å². The van der Waals surface area contributed by atoms with E-state index in [1.807, 2.05) is 18.2 Å². The van der Waals surface area contributed by atoms with E-state index < -0.39 is 0 Å². The molecule has 1 saturated heterocycles. The van der Waals surface area contributed by atoms with Crippen LogP contribution in [0.2, 0.25) is 0 Å². The first-order chi connectivity index (χ1) is 10.7. The molecule has 1 aliphatic carbocycles. The molecule has 1 aromatic rings. The second kappa shape index (κ2) is 7.11. The number of likely N-dealkylation sites (tertiary alicyclic amines) is 1. The molecular weight excluding hydrogens is 278 g/mol. The predicted molar refractivity (Wildman–Crippen MR) is 86.4 cm³/mol. The maximum Gasteiger partial charge on any atom is 0.170 e. The highest BCUT2D eigenvalue weighted by Gasteiger charge is 2.22. The molecule has 22 heavy (non-hydrogen) atoms. The number of amidine groups is 1. The number of piperidine rings is 1. The van der Waals surface area contributed by atoms with Crippen LogP contribution in [0.1, 0.15) is 36.8 Å². The van der Waals surface area contributed by atoms with Crippen LogP contribution in [-0.4, -0.2) is 41.6 Å². The number of aliphatic hydroxyl groups is 1. The first-order valence-corrected chi connectivity index (χ1v) is 8.16. The van der Waals surface area contributed by atoms with Crippen LogP contribution in [0.3, 0.4) is 0 Å². The Balaban J connectivity index is 1.63.